The van der Waals surface area contributed by atoms with Crippen molar-refractivity contribution >= 4 is 0 Å². The maximum absolute atomic E-state index is 9.33. The number of aliphatic hydroxyl groups excluding tert-OH is 1. The Bertz CT molecular complexity index is 284. The van der Waals surface area contributed by atoms with Crippen molar-refractivity contribution in [3.8, 4) is 5.75 Å². The van der Waals surface area contributed by atoms with Crippen LogP contribution in [-0.4, -0.2) is 31.0 Å². The monoisotopic (exact) mass is 222 g/mol. The molecule has 0 aromatic heterocycles. The quantitative estimate of drug-likeness (QED) is 0.540. The first-order valence-electron chi connectivity index (χ1n) is 5.37. The number of aliphatic hydroxyl groups is 1. The van der Waals surface area contributed by atoms with Crippen molar-refractivity contribution in [2.24, 2.45) is 0 Å². The van der Waals surface area contributed by atoms with Crippen LogP contribution in [0.3, 0.4) is 0 Å². The predicted octanol–water partition coefficient (Wildman–Crippen LogP) is 2.02. The minimum Gasteiger partial charge on any atom is -0.491 e. The Morgan fingerprint density at radius 1 is 1.25 bits per heavy atom. The molecule has 1 unspecified atom stereocenters. The average molecular weight is 222 g/mol. The standard InChI is InChI=1S/C13H18O3/c1-2-6-12(14)11-15-9-10-16-13-7-4-3-5-8-13/h2-5,7-8,12,14H,1,6,9-11H2. The van der Waals surface area contributed by atoms with Crippen molar-refractivity contribution in [2.75, 3.05) is 19.8 Å². The molecule has 0 aliphatic rings. The van der Waals surface area contributed by atoms with E-state index in [-0.39, 0.29) is 0 Å². The highest BCUT2D eigenvalue weighted by atomic mass is 16.5. The molecule has 1 atom stereocenters. The summed E-state index contributed by atoms with van der Waals surface area (Å²) in [7, 11) is 0. The first-order chi connectivity index (χ1) is 7.83. The third-order valence-corrected chi connectivity index (χ3v) is 1.99. The van der Waals surface area contributed by atoms with Gasteiger partial charge in [-0.05, 0) is 18.6 Å². The van der Waals surface area contributed by atoms with Crippen LogP contribution in [-0.2, 0) is 4.74 Å². The van der Waals surface area contributed by atoms with Gasteiger partial charge in [-0.2, -0.15) is 0 Å². The van der Waals surface area contributed by atoms with Crippen molar-refractivity contribution in [3.05, 3.63) is 43.0 Å². The van der Waals surface area contributed by atoms with E-state index in [1.165, 1.54) is 0 Å². The van der Waals surface area contributed by atoms with Gasteiger partial charge >= 0.3 is 0 Å². The summed E-state index contributed by atoms with van der Waals surface area (Å²) in [5, 5.41) is 9.33. The van der Waals surface area contributed by atoms with Crippen molar-refractivity contribution in [1.29, 1.82) is 0 Å². The predicted molar refractivity (Wildman–Crippen MR) is 63.6 cm³/mol. The second-order valence-electron chi connectivity index (χ2n) is 3.41. The largest absolute Gasteiger partial charge is 0.491 e. The first kappa shape index (κ1) is 12.7. The smallest absolute Gasteiger partial charge is 0.119 e. The van der Waals surface area contributed by atoms with Gasteiger partial charge in [0.25, 0.3) is 0 Å². The highest BCUT2D eigenvalue weighted by Crippen LogP contribution is 2.07. The first-order valence-corrected chi connectivity index (χ1v) is 5.37. The van der Waals surface area contributed by atoms with Gasteiger partial charge in [0.05, 0.1) is 19.3 Å². The molecule has 0 spiro atoms. The molecule has 3 nitrogen and oxygen atoms in total. The summed E-state index contributed by atoms with van der Waals surface area (Å²) in [6.45, 7) is 4.83. The summed E-state index contributed by atoms with van der Waals surface area (Å²) in [5.74, 6) is 0.831. The summed E-state index contributed by atoms with van der Waals surface area (Å²) < 4.78 is 10.7. The van der Waals surface area contributed by atoms with E-state index in [0.717, 1.165) is 5.75 Å². The maximum atomic E-state index is 9.33. The lowest BCUT2D eigenvalue weighted by molar-refractivity contribution is 0.0262. The van der Waals surface area contributed by atoms with Crippen molar-refractivity contribution < 1.29 is 14.6 Å². The van der Waals surface area contributed by atoms with Crippen LogP contribution >= 0.6 is 0 Å². The van der Waals surface area contributed by atoms with Crippen LogP contribution in [0.15, 0.2) is 43.0 Å². The lowest BCUT2D eigenvalue weighted by Crippen LogP contribution is -2.17. The van der Waals surface area contributed by atoms with Gasteiger partial charge in [-0.1, -0.05) is 24.3 Å². The summed E-state index contributed by atoms with van der Waals surface area (Å²) >= 11 is 0. The summed E-state index contributed by atoms with van der Waals surface area (Å²) in [6.07, 6.45) is 1.77. The van der Waals surface area contributed by atoms with E-state index in [4.69, 9.17) is 9.47 Å². The van der Waals surface area contributed by atoms with Crippen LogP contribution in [0.5, 0.6) is 5.75 Å². The van der Waals surface area contributed by atoms with Gasteiger partial charge in [0.1, 0.15) is 12.4 Å². The molecule has 88 valence electrons. The topological polar surface area (TPSA) is 38.7 Å². The maximum Gasteiger partial charge on any atom is 0.119 e. The molecule has 0 radical (unpaired) electrons. The summed E-state index contributed by atoms with van der Waals surface area (Å²) in [6, 6.07) is 9.57. The van der Waals surface area contributed by atoms with E-state index in [0.29, 0.717) is 26.2 Å². The van der Waals surface area contributed by atoms with E-state index in [1.54, 1.807) is 6.08 Å². The molecular formula is C13H18O3. The summed E-state index contributed by atoms with van der Waals surface area (Å²) in [4.78, 5) is 0. The third-order valence-electron chi connectivity index (χ3n) is 1.99. The fraction of sp³-hybridized carbons (Fsp3) is 0.385. The molecular weight excluding hydrogens is 204 g/mol. The van der Waals surface area contributed by atoms with E-state index < -0.39 is 6.10 Å². The number of benzene rings is 1. The number of hydrogen-bond donors (Lipinski definition) is 1. The van der Waals surface area contributed by atoms with E-state index in [1.807, 2.05) is 30.3 Å². The molecule has 1 aromatic carbocycles. The second kappa shape index (κ2) is 7.91. The highest BCUT2D eigenvalue weighted by Gasteiger charge is 2.00. The van der Waals surface area contributed by atoms with E-state index >= 15 is 0 Å². The molecule has 16 heavy (non-hydrogen) atoms. The molecule has 0 amide bonds. The van der Waals surface area contributed by atoms with Gasteiger partial charge in [-0.3, -0.25) is 0 Å². The Morgan fingerprint density at radius 3 is 2.69 bits per heavy atom. The van der Waals surface area contributed by atoms with Crippen molar-refractivity contribution in [2.45, 2.75) is 12.5 Å². The Morgan fingerprint density at radius 2 is 2.00 bits per heavy atom. The van der Waals surface area contributed by atoms with Crippen LogP contribution in [0.1, 0.15) is 6.42 Å². The molecule has 0 saturated heterocycles. The number of rotatable bonds is 8. The summed E-state index contributed by atoms with van der Waals surface area (Å²) in [5.41, 5.74) is 0. The molecule has 1 N–H and O–H groups in total. The number of hydrogen-bond acceptors (Lipinski definition) is 3. The Hall–Kier alpha value is -1.32. The second-order valence-corrected chi connectivity index (χ2v) is 3.41. The molecule has 0 fully saturated rings. The van der Waals surface area contributed by atoms with Gasteiger partial charge in [0.2, 0.25) is 0 Å². The average Bonchev–Trinajstić information content (AvgIpc) is 2.30. The fourth-order valence-corrected chi connectivity index (χ4v) is 1.21. The molecule has 0 aliphatic heterocycles. The van der Waals surface area contributed by atoms with Crippen LogP contribution in [0, 0.1) is 0 Å². The fourth-order valence-electron chi connectivity index (χ4n) is 1.21. The zero-order valence-electron chi connectivity index (χ0n) is 9.34. The van der Waals surface area contributed by atoms with Gasteiger partial charge in [0.15, 0.2) is 0 Å². The molecule has 0 bridgehead atoms. The Balaban J connectivity index is 2.02. The van der Waals surface area contributed by atoms with Crippen LogP contribution in [0.2, 0.25) is 0 Å². The Labute approximate surface area is 96.3 Å². The zero-order chi connectivity index (χ0) is 11.6. The molecule has 1 aromatic rings. The minimum atomic E-state index is -0.464. The number of para-hydroxylation sites is 1. The van der Waals surface area contributed by atoms with Gasteiger partial charge in [0, 0.05) is 0 Å². The van der Waals surface area contributed by atoms with Crippen LogP contribution < -0.4 is 4.74 Å². The van der Waals surface area contributed by atoms with Crippen LogP contribution in [0.25, 0.3) is 0 Å². The van der Waals surface area contributed by atoms with Gasteiger partial charge < -0.3 is 14.6 Å². The van der Waals surface area contributed by atoms with Gasteiger partial charge in [-0.15, -0.1) is 6.58 Å². The van der Waals surface area contributed by atoms with Gasteiger partial charge in [-0.25, -0.2) is 0 Å². The molecule has 1 rings (SSSR count). The highest BCUT2D eigenvalue weighted by molar-refractivity contribution is 5.20. The minimum absolute atomic E-state index is 0.324. The van der Waals surface area contributed by atoms with Crippen LogP contribution in [0.4, 0.5) is 0 Å². The molecule has 3 heteroatoms. The zero-order valence-corrected chi connectivity index (χ0v) is 9.34. The Kier molecular flexibility index (Phi) is 6.30. The lowest BCUT2D eigenvalue weighted by atomic mass is 10.3. The SMILES string of the molecule is C=CCC(O)COCCOc1ccccc1. The van der Waals surface area contributed by atoms with Crippen molar-refractivity contribution in [1.82, 2.24) is 0 Å². The third kappa shape index (κ3) is 5.53. The number of ether oxygens (including phenoxy) is 2. The normalized spacial score (nSPS) is 12.1. The van der Waals surface area contributed by atoms with Crippen molar-refractivity contribution in [3.63, 3.8) is 0 Å². The molecule has 0 aliphatic carbocycles. The van der Waals surface area contributed by atoms with E-state index in [9.17, 15) is 5.11 Å². The lowest BCUT2D eigenvalue weighted by Gasteiger charge is -2.09. The van der Waals surface area contributed by atoms with E-state index in [2.05, 4.69) is 6.58 Å². The molecule has 0 saturated carbocycles. The molecule has 0 heterocycles.